The molecule has 7 nitrogen and oxygen atoms in total. The smallest absolute Gasteiger partial charge is 0.323 e. The number of sulfonamides is 1. The standard InChI is InChI=1S/C12H16N2O5S/c1-13(20(2,18)19)8-11(15)14(9-12(16)17)10-6-4-3-5-7-10/h3-7H,8-9H2,1-2H3,(H,16,17). The van der Waals surface area contributed by atoms with Crippen LogP contribution in [0.5, 0.6) is 0 Å². The first-order valence-corrected chi connectivity index (χ1v) is 7.55. The van der Waals surface area contributed by atoms with E-state index in [2.05, 4.69) is 0 Å². The fraction of sp³-hybridized carbons (Fsp3) is 0.333. The van der Waals surface area contributed by atoms with Crippen molar-refractivity contribution in [2.24, 2.45) is 0 Å². The number of hydrogen-bond donors (Lipinski definition) is 1. The summed E-state index contributed by atoms with van der Waals surface area (Å²) in [6.07, 6.45) is 0.977. The number of aliphatic carboxylic acids is 1. The van der Waals surface area contributed by atoms with Gasteiger partial charge in [-0.15, -0.1) is 0 Å². The molecule has 0 saturated heterocycles. The van der Waals surface area contributed by atoms with Crippen LogP contribution in [0.15, 0.2) is 30.3 Å². The van der Waals surface area contributed by atoms with Gasteiger partial charge in [0.05, 0.1) is 12.8 Å². The van der Waals surface area contributed by atoms with Crippen molar-refractivity contribution in [2.75, 3.05) is 31.3 Å². The van der Waals surface area contributed by atoms with Crippen LogP contribution in [0.4, 0.5) is 5.69 Å². The van der Waals surface area contributed by atoms with E-state index in [0.29, 0.717) is 5.69 Å². The highest BCUT2D eigenvalue weighted by Gasteiger charge is 2.23. The SMILES string of the molecule is CN(CC(=O)N(CC(=O)O)c1ccccc1)S(C)(=O)=O. The third-order valence-corrected chi connectivity index (χ3v) is 3.85. The number of benzene rings is 1. The van der Waals surface area contributed by atoms with Crippen LogP contribution in [0.2, 0.25) is 0 Å². The van der Waals surface area contributed by atoms with E-state index in [-0.39, 0.29) is 0 Å². The minimum Gasteiger partial charge on any atom is -0.480 e. The number of carboxylic acids is 1. The van der Waals surface area contributed by atoms with Gasteiger partial charge in [0.2, 0.25) is 15.9 Å². The summed E-state index contributed by atoms with van der Waals surface area (Å²) < 4.78 is 23.4. The highest BCUT2D eigenvalue weighted by molar-refractivity contribution is 7.88. The molecule has 0 aliphatic heterocycles. The lowest BCUT2D eigenvalue weighted by molar-refractivity contribution is -0.136. The number of para-hydroxylation sites is 1. The number of hydrogen-bond acceptors (Lipinski definition) is 4. The molecule has 1 aromatic carbocycles. The second kappa shape index (κ2) is 6.49. The lowest BCUT2D eigenvalue weighted by atomic mass is 10.3. The molecule has 0 atom stereocenters. The predicted octanol–water partition coefficient (Wildman–Crippen LogP) is -0.00440. The van der Waals surface area contributed by atoms with Crippen molar-refractivity contribution in [1.82, 2.24) is 4.31 Å². The van der Waals surface area contributed by atoms with Crippen molar-refractivity contribution in [3.8, 4) is 0 Å². The monoisotopic (exact) mass is 300 g/mol. The molecule has 0 bridgehead atoms. The number of rotatable bonds is 6. The maximum Gasteiger partial charge on any atom is 0.323 e. The average molecular weight is 300 g/mol. The van der Waals surface area contributed by atoms with Gasteiger partial charge in [0.25, 0.3) is 0 Å². The van der Waals surface area contributed by atoms with Crippen LogP contribution in [-0.2, 0) is 19.6 Å². The van der Waals surface area contributed by atoms with Gasteiger partial charge in [-0.05, 0) is 12.1 Å². The summed E-state index contributed by atoms with van der Waals surface area (Å²) >= 11 is 0. The van der Waals surface area contributed by atoms with Gasteiger partial charge in [-0.2, -0.15) is 4.31 Å². The van der Waals surface area contributed by atoms with Crippen molar-refractivity contribution in [2.45, 2.75) is 0 Å². The van der Waals surface area contributed by atoms with E-state index in [1.54, 1.807) is 30.3 Å². The fourth-order valence-corrected chi connectivity index (χ4v) is 1.80. The largest absolute Gasteiger partial charge is 0.480 e. The summed E-state index contributed by atoms with van der Waals surface area (Å²) in [5.74, 6) is -1.78. The molecule has 0 fully saturated rings. The number of amides is 1. The second-order valence-corrected chi connectivity index (χ2v) is 6.32. The molecule has 1 N–H and O–H groups in total. The number of anilines is 1. The number of carboxylic acid groups (broad SMARTS) is 1. The topological polar surface area (TPSA) is 95.0 Å². The zero-order chi connectivity index (χ0) is 15.3. The molecule has 1 amide bonds. The molecule has 20 heavy (non-hydrogen) atoms. The van der Waals surface area contributed by atoms with E-state index in [1.807, 2.05) is 0 Å². The van der Waals surface area contributed by atoms with E-state index in [9.17, 15) is 18.0 Å². The molecule has 0 saturated carbocycles. The molecule has 0 aliphatic carbocycles. The van der Waals surface area contributed by atoms with Crippen LogP contribution in [-0.4, -0.2) is 56.1 Å². The van der Waals surface area contributed by atoms with Gasteiger partial charge in [-0.1, -0.05) is 18.2 Å². The number of carbonyl (C=O) groups is 2. The Kier molecular flexibility index (Phi) is 5.23. The van der Waals surface area contributed by atoms with Gasteiger partial charge in [-0.25, -0.2) is 8.42 Å². The van der Waals surface area contributed by atoms with Gasteiger partial charge < -0.3 is 10.0 Å². The Balaban J connectivity index is 2.95. The molecule has 0 spiro atoms. The van der Waals surface area contributed by atoms with Crippen LogP contribution in [0, 0.1) is 0 Å². The summed E-state index contributed by atoms with van der Waals surface area (Å²) in [5, 5.41) is 8.86. The summed E-state index contributed by atoms with van der Waals surface area (Å²) in [5.41, 5.74) is 0.404. The van der Waals surface area contributed by atoms with E-state index < -0.39 is 35.0 Å². The molecule has 110 valence electrons. The predicted molar refractivity (Wildman–Crippen MR) is 73.9 cm³/mol. The Bertz CT molecular complexity index is 585. The van der Waals surface area contributed by atoms with Gasteiger partial charge in [0, 0.05) is 12.7 Å². The first-order valence-electron chi connectivity index (χ1n) is 5.70. The third kappa shape index (κ3) is 4.63. The molecular weight excluding hydrogens is 284 g/mol. The molecule has 0 unspecified atom stereocenters. The Morgan fingerprint density at radius 3 is 2.15 bits per heavy atom. The normalized spacial score (nSPS) is 11.3. The molecule has 0 radical (unpaired) electrons. The lowest BCUT2D eigenvalue weighted by Crippen LogP contribution is -2.43. The van der Waals surface area contributed by atoms with Crippen molar-refractivity contribution in [1.29, 1.82) is 0 Å². The van der Waals surface area contributed by atoms with Gasteiger partial charge in [-0.3, -0.25) is 9.59 Å². The second-order valence-electron chi connectivity index (χ2n) is 4.23. The van der Waals surface area contributed by atoms with E-state index in [1.165, 1.54) is 7.05 Å². The van der Waals surface area contributed by atoms with Crippen LogP contribution in [0.3, 0.4) is 0 Å². The van der Waals surface area contributed by atoms with Crippen LogP contribution >= 0.6 is 0 Å². The number of nitrogens with zero attached hydrogens (tertiary/aromatic N) is 2. The zero-order valence-electron chi connectivity index (χ0n) is 11.2. The Morgan fingerprint density at radius 2 is 1.70 bits per heavy atom. The maximum absolute atomic E-state index is 12.1. The molecule has 1 rings (SSSR count). The average Bonchev–Trinajstić information content (AvgIpc) is 2.35. The summed E-state index contributed by atoms with van der Waals surface area (Å²) in [7, 11) is -2.24. The van der Waals surface area contributed by atoms with Gasteiger partial charge >= 0.3 is 5.97 Å². The number of carbonyl (C=O) groups excluding carboxylic acids is 1. The van der Waals surface area contributed by atoms with Crippen molar-refractivity contribution in [3.05, 3.63) is 30.3 Å². The number of likely N-dealkylation sites (N-methyl/N-ethyl adjacent to an activating group) is 1. The first kappa shape index (κ1) is 16.1. The van der Waals surface area contributed by atoms with E-state index >= 15 is 0 Å². The van der Waals surface area contributed by atoms with Crippen LogP contribution in [0.25, 0.3) is 0 Å². The fourth-order valence-electron chi connectivity index (χ4n) is 1.46. The van der Waals surface area contributed by atoms with E-state index in [4.69, 9.17) is 5.11 Å². The molecule has 0 heterocycles. The molecular formula is C12H16N2O5S. The highest BCUT2D eigenvalue weighted by atomic mass is 32.2. The van der Waals surface area contributed by atoms with Gasteiger partial charge in [0.1, 0.15) is 6.54 Å². The summed E-state index contributed by atoms with van der Waals surface area (Å²) in [6, 6.07) is 8.23. The van der Waals surface area contributed by atoms with Gasteiger partial charge in [0.15, 0.2) is 0 Å². The van der Waals surface area contributed by atoms with E-state index in [0.717, 1.165) is 15.5 Å². The quantitative estimate of drug-likeness (QED) is 0.797. The lowest BCUT2D eigenvalue weighted by Gasteiger charge is -2.23. The maximum atomic E-state index is 12.1. The Hall–Kier alpha value is -1.93. The molecule has 1 aromatic rings. The summed E-state index contributed by atoms with van der Waals surface area (Å²) in [6.45, 7) is -0.943. The van der Waals surface area contributed by atoms with Crippen molar-refractivity contribution >= 4 is 27.6 Å². The summed E-state index contributed by atoms with van der Waals surface area (Å²) in [4.78, 5) is 24.0. The minimum atomic E-state index is -3.50. The molecule has 0 aliphatic rings. The zero-order valence-corrected chi connectivity index (χ0v) is 12.0. The highest BCUT2D eigenvalue weighted by Crippen LogP contribution is 2.13. The molecule has 8 heteroatoms. The van der Waals surface area contributed by atoms with Crippen molar-refractivity contribution in [3.63, 3.8) is 0 Å². The molecule has 0 aromatic heterocycles. The Morgan fingerprint density at radius 1 is 1.15 bits per heavy atom. The van der Waals surface area contributed by atoms with Crippen LogP contribution < -0.4 is 4.90 Å². The van der Waals surface area contributed by atoms with Crippen molar-refractivity contribution < 1.29 is 23.1 Å². The first-order chi connectivity index (χ1) is 9.21. The minimum absolute atomic E-state index is 0.404. The Labute approximate surface area is 117 Å². The third-order valence-electron chi connectivity index (χ3n) is 2.59. The van der Waals surface area contributed by atoms with Crippen LogP contribution in [0.1, 0.15) is 0 Å².